The summed E-state index contributed by atoms with van der Waals surface area (Å²) >= 11 is 0. The number of guanidine groups is 1. The quantitative estimate of drug-likeness (QED) is 0.245. The predicted molar refractivity (Wildman–Crippen MR) is 123 cm³/mol. The first-order chi connectivity index (χ1) is 12.7. The lowest BCUT2D eigenvalue weighted by atomic mass is 10.0. The maximum absolute atomic E-state index is 5.69. The van der Waals surface area contributed by atoms with Crippen molar-refractivity contribution in [1.29, 1.82) is 0 Å². The molecule has 0 aliphatic carbocycles. The Morgan fingerprint density at radius 3 is 2.44 bits per heavy atom. The lowest BCUT2D eigenvalue weighted by Crippen LogP contribution is -2.39. The Bertz CT molecular complexity index is 680. The Balaban J connectivity index is 0.00000364. The molecule has 2 aromatic rings. The highest BCUT2D eigenvalue weighted by molar-refractivity contribution is 14.0. The van der Waals surface area contributed by atoms with Crippen molar-refractivity contribution in [1.82, 2.24) is 10.6 Å². The van der Waals surface area contributed by atoms with Crippen LogP contribution in [0.2, 0.25) is 0 Å². The summed E-state index contributed by atoms with van der Waals surface area (Å²) in [5, 5.41) is 6.69. The summed E-state index contributed by atoms with van der Waals surface area (Å²) in [6, 6.07) is 18.0. The molecule has 0 saturated heterocycles. The Hall–Kier alpha value is -1.96. The number of hydrogen-bond acceptors (Lipinski definition) is 3. The van der Waals surface area contributed by atoms with Crippen LogP contribution < -0.4 is 20.1 Å². The molecular weight excluding hydrogens is 453 g/mol. The molecule has 0 spiro atoms. The van der Waals surface area contributed by atoms with E-state index in [4.69, 9.17) is 9.47 Å². The first-order valence-electron chi connectivity index (χ1n) is 9.00. The van der Waals surface area contributed by atoms with Gasteiger partial charge in [0, 0.05) is 26.1 Å². The number of aliphatic imine (C=N–C) groups is 1. The van der Waals surface area contributed by atoms with Crippen LogP contribution >= 0.6 is 24.0 Å². The monoisotopic (exact) mass is 483 g/mol. The molecule has 0 radical (unpaired) electrons. The molecule has 0 aliphatic rings. The van der Waals surface area contributed by atoms with Gasteiger partial charge in [0.15, 0.2) is 5.96 Å². The molecule has 0 fully saturated rings. The van der Waals surface area contributed by atoms with Gasteiger partial charge in [0.1, 0.15) is 11.5 Å². The molecule has 0 bridgehead atoms. The number of ether oxygens (including phenoxy) is 2. The van der Waals surface area contributed by atoms with Gasteiger partial charge in [0.05, 0.1) is 13.7 Å². The first-order valence-corrected chi connectivity index (χ1v) is 9.00. The summed E-state index contributed by atoms with van der Waals surface area (Å²) in [6.45, 7) is 4.42. The molecule has 2 N–H and O–H groups in total. The van der Waals surface area contributed by atoms with E-state index in [1.165, 1.54) is 5.56 Å². The molecule has 0 amide bonds. The van der Waals surface area contributed by atoms with Crippen molar-refractivity contribution < 1.29 is 9.47 Å². The maximum atomic E-state index is 5.69. The minimum Gasteiger partial charge on any atom is -0.496 e. The maximum Gasteiger partial charge on any atom is 0.190 e. The number of nitrogens with zero attached hydrogens (tertiary/aromatic N) is 1. The summed E-state index contributed by atoms with van der Waals surface area (Å²) in [6.07, 6.45) is 0.900. The molecule has 2 aromatic carbocycles. The molecule has 1 atom stereocenters. The van der Waals surface area contributed by atoms with Crippen LogP contribution in [0.25, 0.3) is 0 Å². The van der Waals surface area contributed by atoms with Crippen LogP contribution in [0.15, 0.2) is 59.6 Å². The normalized spacial score (nSPS) is 11.9. The fourth-order valence-corrected chi connectivity index (χ4v) is 2.64. The third kappa shape index (κ3) is 8.07. The van der Waals surface area contributed by atoms with Gasteiger partial charge in [-0.1, -0.05) is 43.3 Å². The van der Waals surface area contributed by atoms with Gasteiger partial charge in [-0.05, 0) is 30.2 Å². The second-order valence-electron chi connectivity index (χ2n) is 6.04. The van der Waals surface area contributed by atoms with Gasteiger partial charge < -0.3 is 20.1 Å². The summed E-state index contributed by atoms with van der Waals surface area (Å²) in [5.74, 6) is 2.93. The fourth-order valence-electron chi connectivity index (χ4n) is 2.64. The summed E-state index contributed by atoms with van der Waals surface area (Å²) in [5.41, 5.74) is 1.19. The zero-order chi connectivity index (χ0) is 18.6. The van der Waals surface area contributed by atoms with Crippen molar-refractivity contribution in [2.75, 3.05) is 33.9 Å². The molecule has 0 aromatic heterocycles. The zero-order valence-electron chi connectivity index (χ0n) is 16.3. The summed E-state index contributed by atoms with van der Waals surface area (Å²) < 4.78 is 11.1. The third-order valence-electron chi connectivity index (χ3n) is 4.09. The van der Waals surface area contributed by atoms with E-state index in [9.17, 15) is 0 Å². The van der Waals surface area contributed by atoms with Crippen LogP contribution in [0.3, 0.4) is 0 Å². The number of hydrogen-bond donors (Lipinski definition) is 2. The van der Waals surface area contributed by atoms with E-state index in [0.717, 1.165) is 37.0 Å². The van der Waals surface area contributed by atoms with E-state index in [1.54, 1.807) is 14.2 Å². The number of methoxy groups -OCH3 is 1. The van der Waals surface area contributed by atoms with Crippen LogP contribution in [0.5, 0.6) is 11.5 Å². The number of nitrogens with one attached hydrogen (secondary N) is 2. The van der Waals surface area contributed by atoms with Gasteiger partial charge >= 0.3 is 0 Å². The van der Waals surface area contributed by atoms with Crippen molar-refractivity contribution in [3.8, 4) is 11.5 Å². The van der Waals surface area contributed by atoms with Gasteiger partial charge in [0.2, 0.25) is 0 Å². The van der Waals surface area contributed by atoms with Crippen molar-refractivity contribution in [3.05, 3.63) is 60.2 Å². The Kier molecular flexibility index (Phi) is 11.3. The molecule has 1 unspecified atom stereocenters. The smallest absolute Gasteiger partial charge is 0.190 e. The number of benzene rings is 2. The number of rotatable bonds is 9. The van der Waals surface area contributed by atoms with Gasteiger partial charge in [-0.25, -0.2) is 0 Å². The van der Waals surface area contributed by atoms with Gasteiger partial charge in [-0.3, -0.25) is 4.99 Å². The van der Waals surface area contributed by atoms with E-state index in [2.05, 4.69) is 28.6 Å². The molecular formula is C21H30IN3O2. The van der Waals surface area contributed by atoms with Gasteiger partial charge in [-0.15, -0.1) is 24.0 Å². The Morgan fingerprint density at radius 1 is 1.04 bits per heavy atom. The second kappa shape index (κ2) is 13.2. The van der Waals surface area contributed by atoms with E-state index in [-0.39, 0.29) is 24.0 Å². The predicted octanol–water partition coefficient (Wildman–Crippen LogP) is 4.05. The van der Waals surface area contributed by atoms with Crippen LogP contribution in [0.4, 0.5) is 0 Å². The zero-order valence-corrected chi connectivity index (χ0v) is 18.6. The third-order valence-corrected chi connectivity index (χ3v) is 4.09. The standard InChI is InChI=1S/C21H29N3O2.HI/c1-17(19-12-7-8-13-20(19)25-3)16-24-21(22-2)23-14-9-15-26-18-10-5-4-6-11-18;/h4-8,10-13,17H,9,14-16H2,1-3H3,(H2,22,23,24);1H. The van der Waals surface area contributed by atoms with Crippen LogP contribution in [-0.2, 0) is 0 Å². The van der Waals surface area contributed by atoms with Crippen LogP contribution in [0, 0.1) is 0 Å². The highest BCUT2D eigenvalue weighted by Crippen LogP contribution is 2.25. The van der Waals surface area contributed by atoms with Crippen molar-refractivity contribution in [3.63, 3.8) is 0 Å². The Labute approximate surface area is 179 Å². The first kappa shape index (κ1) is 23.1. The van der Waals surface area contributed by atoms with E-state index in [1.807, 2.05) is 48.5 Å². The molecule has 0 heterocycles. The number of para-hydroxylation sites is 2. The number of halogens is 1. The summed E-state index contributed by atoms with van der Waals surface area (Å²) in [7, 11) is 3.49. The topological polar surface area (TPSA) is 54.9 Å². The minimum absolute atomic E-state index is 0. The van der Waals surface area contributed by atoms with Crippen LogP contribution in [0.1, 0.15) is 24.8 Å². The molecule has 0 saturated carbocycles. The average molecular weight is 483 g/mol. The van der Waals surface area contributed by atoms with Crippen molar-refractivity contribution in [2.24, 2.45) is 4.99 Å². The lowest BCUT2D eigenvalue weighted by Gasteiger charge is -2.18. The SMILES string of the molecule is CN=C(NCCCOc1ccccc1)NCC(C)c1ccccc1OC.I. The van der Waals surface area contributed by atoms with Gasteiger partial charge in [-0.2, -0.15) is 0 Å². The minimum atomic E-state index is 0. The molecule has 5 nitrogen and oxygen atoms in total. The van der Waals surface area contributed by atoms with Crippen LogP contribution in [-0.4, -0.2) is 39.8 Å². The van der Waals surface area contributed by atoms with E-state index >= 15 is 0 Å². The molecule has 0 aliphatic heterocycles. The highest BCUT2D eigenvalue weighted by Gasteiger charge is 2.11. The second-order valence-corrected chi connectivity index (χ2v) is 6.04. The van der Waals surface area contributed by atoms with E-state index < -0.39 is 0 Å². The molecule has 2 rings (SSSR count). The Morgan fingerprint density at radius 2 is 1.74 bits per heavy atom. The average Bonchev–Trinajstić information content (AvgIpc) is 2.70. The fraction of sp³-hybridized carbons (Fsp3) is 0.381. The van der Waals surface area contributed by atoms with Gasteiger partial charge in [0.25, 0.3) is 0 Å². The lowest BCUT2D eigenvalue weighted by molar-refractivity contribution is 0.311. The van der Waals surface area contributed by atoms with E-state index in [0.29, 0.717) is 12.5 Å². The highest BCUT2D eigenvalue weighted by atomic mass is 127. The molecule has 6 heteroatoms. The molecule has 148 valence electrons. The van der Waals surface area contributed by atoms with Crippen molar-refractivity contribution >= 4 is 29.9 Å². The largest absolute Gasteiger partial charge is 0.496 e. The van der Waals surface area contributed by atoms with Crippen molar-refractivity contribution in [2.45, 2.75) is 19.3 Å². The summed E-state index contributed by atoms with van der Waals surface area (Å²) in [4.78, 5) is 4.27. The molecule has 27 heavy (non-hydrogen) atoms.